The number of carbonyl (C=O) groups excluding carboxylic acids is 1. The van der Waals surface area contributed by atoms with Crippen molar-refractivity contribution in [2.75, 3.05) is 20.2 Å². The Balaban J connectivity index is 1.38. The standard InChI is InChI=1S/C20H29N5O3/c1-3-25-16-9-11-27-13-15(16)19(22-25)20-21-17(23-28-20)8-10-24(2)18(26)12-14-6-4-5-7-14/h14H,3-13H2,1-2H3. The second kappa shape index (κ2) is 8.43. The highest BCUT2D eigenvalue weighted by Crippen LogP contribution is 2.29. The molecule has 1 aliphatic carbocycles. The molecule has 2 aliphatic rings. The summed E-state index contributed by atoms with van der Waals surface area (Å²) in [5.74, 6) is 1.81. The molecule has 0 saturated heterocycles. The van der Waals surface area contributed by atoms with Gasteiger partial charge in [-0.15, -0.1) is 0 Å². The SMILES string of the molecule is CCn1nc(-c2nc(CCN(C)C(=O)CC3CCCC3)no2)c2c1CCOC2. The minimum Gasteiger partial charge on any atom is -0.376 e. The van der Waals surface area contributed by atoms with Crippen LogP contribution in [0.1, 0.15) is 56.1 Å². The molecule has 0 spiro atoms. The fraction of sp³-hybridized carbons (Fsp3) is 0.700. The van der Waals surface area contributed by atoms with Gasteiger partial charge in [0.1, 0.15) is 0 Å². The number of fused-ring (bicyclic) bond motifs is 1. The summed E-state index contributed by atoms with van der Waals surface area (Å²) >= 11 is 0. The van der Waals surface area contributed by atoms with Crippen molar-refractivity contribution in [1.82, 2.24) is 24.8 Å². The van der Waals surface area contributed by atoms with Crippen LogP contribution in [0.2, 0.25) is 0 Å². The van der Waals surface area contributed by atoms with E-state index in [4.69, 9.17) is 9.26 Å². The van der Waals surface area contributed by atoms with Gasteiger partial charge in [-0.3, -0.25) is 9.48 Å². The van der Waals surface area contributed by atoms with Crippen LogP contribution in [0.25, 0.3) is 11.6 Å². The second-order valence-electron chi connectivity index (χ2n) is 7.83. The number of likely N-dealkylation sites (N-methyl/N-ethyl adjacent to an activating group) is 1. The summed E-state index contributed by atoms with van der Waals surface area (Å²) in [7, 11) is 1.86. The fourth-order valence-corrected chi connectivity index (χ4v) is 4.20. The van der Waals surface area contributed by atoms with E-state index in [1.807, 2.05) is 11.7 Å². The Labute approximate surface area is 165 Å². The number of ether oxygens (including phenoxy) is 1. The first-order valence-electron chi connectivity index (χ1n) is 10.4. The first-order chi connectivity index (χ1) is 13.7. The van der Waals surface area contributed by atoms with Crippen molar-refractivity contribution >= 4 is 5.91 Å². The van der Waals surface area contributed by atoms with Crippen LogP contribution in [0.15, 0.2) is 4.52 Å². The van der Waals surface area contributed by atoms with Crippen LogP contribution in [0, 0.1) is 5.92 Å². The van der Waals surface area contributed by atoms with E-state index in [2.05, 4.69) is 22.2 Å². The summed E-state index contributed by atoms with van der Waals surface area (Å²) in [5, 5.41) is 8.75. The van der Waals surface area contributed by atoms with Crippen LogP contribution in [0.3, 0.4) is 0 Å². The highest BCUT2D eigenvalue weighted by atomic mass is 16.5. The monoisotopic (exact) mass is 387 g/mol. The minimum atomic E-state index is 0.212. The lowest BCUT2D eigenvalue weighted by molar-refractivity contribution is -0.130. The molecule has 0 N–H and O–H groups in total. The van der Waals surface area contributed by atoms with Gasteiger partial charge in [0.15, 0.2) is 11.5 Å². The maximum atomic E-state index is 12.4. The topological polar surface area (TPSA) is 86.3 Å². The third-order valence-electron chi connectivity index (χ3n) is 5.90. The second-order valence-corrected chi connectivity index (χ2v) is 7.83. The van der Waals surface area contributed by atoms with Crippen molar-refractivity contribution in [3.8, 4) is 11.6 Å². The average molecular weight is 387 g/mol. The summed E-state index contributed by atoms with van der Waals surface area (Å²) in [6, 6.07) is 0. The zero-order valence-corrected chi connectivity index (χ0v) is 16.8. The lowest BCUT2D eigenvalue weighted by Gasteiger charge is -2.18. The van der Waals surface area contributed by atoms with E-state index in [0.29, 0.717) is 50.2 Å². The maximum Gasteiger partial charge on any atom is 0.278 e. The van der Waals surface area contributed by atoms with Gasteiger partial charge in [0.25, 0.3) is 5.89 Å². The van der Waals surface area contributed by atoms with Crippen LogP contribution in [0.5, 0.6) is 0 Å². The van der Waals surface area contributed by atoms with Crippen LogP contribution < -0.4 is 0 Å². The van der Waals surface area contributed by atoms with E-state index in [9.17, 15) is 4.79 Å². The van der Waals surface area contributed by atoms with Gasteiger partial charge in [0, 0.05) is 50.7 Å². The van der Waals surface area contributed by atoms with Gasteiger partial charge < -0.3 is 14.2 Å². The summed E-state index contributed by atoms with van der Waals surface area (Å²) in [4.78, 5) is 18.7. The molecule has 1 fully saturated rings. The summed E-state index contributed by atoms with van der Waals surface area (Å²) in [6.45, 7) is 4.71. The number of hydrogen-bond donors (Lipinski definition) is 0. The van der Waals surface area contributed by atoms with Crippen molar-refractivity contribution in [2.45, 2.75) is 65.0 Å². The van der Waals surface area contributed by atoms with E-state index in [0.717, 1.165) is 24.2 Å². The fourth-order valence-electron chi connectivity index (χ4n) is 4.20. The Hall–Kier alpha value is -2.22. The van der Waals surface area contributed by atoms with Gasteiger partial charge in [-0.1, -0.05) is 18.0 Å². The molecule has 0 atom stereocenters. The van der Waals surface area contributed by atoms with Crippen molar-refractivity contribution in [2.24, 2.45) is 5.92 Å². The predicted octanol–water partition coefficient (Wildman–Crippen LogP) is 2.61. The van der Waals surface area contributed by atoms with Crippen molar-refractivity contribution in [1.29, 1.82) is 0 Å². The molecule has 0 radical (unpaired) electrons. The predicted molar refractivity (Wildman–Crippen MR) is 102 cm³/mol. The van der Waals surface area contributed by atoms with Crippen molar-refractivity contribution in [3.63, 3.8) is 0 Å². The van der Waals surface area contributed by atoms with Gasteiger partial charge in [-0.2, -0.15) is 10.1 Å². The van der Waals surface area contributed by atoms with Crippen LogP contribution in [0.4, 0.5) is 0 Å². The molecule has 0 bridgehead atoms. The molecule has 1 saturated carbocycles. The molecular formula is C20H29N5O3. The molecular weight excluding hydrogens is 358 g/mol. The maximum absolute atomic E-state index is 12.4. The molecule has 3 heterocycles. The quantitative estimate of drug-likeness (QED) is 0.726. The molecule has 0 unspecified atom stereocenters. The van der Waals surface area contributed by atoms with Gasteiger partial charge in [-0.25, -0.2) is 0 Å². The number of nitrogens with zero attached hydrogens (tertiary/aromatic N) is 5. The van der Waals surface area contributed by atoms with E-state index in [1.54, 1.807) is 4.90 Å². The molecule has 8 nitrogen and oxygen atoms in total. The van der Waals surface area contributed by atoms with E-state index >= 15 is 0 Å². The first kappa shape index (κ1) is 19.1. The normalized spacial score (nSPS) is 17.1. The third-order valence-corrected chi connectivity index (χ3v) is 5.90. The molecule has 28 heavy (non-hydrogen) atoms. The summed E-state index contributed by atoms with van der Waals surface area (Å²) in [5.41, 5.74) is 2.97. The van der Waals surface area contributed by atoms with Crippen LogP contribution in [-0.4, -0.2) is 50.9 Å². The largest absolute Gasteiger partial charge is 0.376 e. The van der Waals surface area contributed by atoms with E-state index in [1.165, 1.54) is 31.4 Å². The highest BCUT2D eigenvalue weighted by Gasteiger charge is 2.25. The van der Waals surface area contributed by atoms with Crippen LogP contribution in [-0.2, 0) is 35.5 Å². The van der Waals surface area contributed by atoms with Crippen molar-refractivity contribution in [3.05, 3.63) is 17.1 Å². The highest BCUT2D eigenvalue weighted by molar-refractivity contribution is 5.76. The van der Waals surface area contributed by atoms with Crippen molar-refractivity contribution < 1.29 is 14.1 Å². The number of aryl methyl sites for hydroxylation is 1. The van der Waals surface area contributed by atoms with Gasteiger partial charge in [0.05, 0.1) is 13.2 Å². The molecule has 2 aromatic rings. The zero-order chi connectivity index (χ0) is 19.5. The molecule has 8 heteroatoms. The third kappa shape index (κ3) is 3.97. The number of rotatable bonds is 7. The lowest BCUT2D eigenvalue weighted by Crippen LogP contribution is -2.30. The van der Waals surface area contributed by atoms with E-state index in [-0.39, 0.29) is 5.91 Å². The number of aromatic nitrogens is 4. The Morgan fingerprint density at radius 2 is 2.14 bits per heavy atom. The average Bonchev–Trinajstić information content (AvgIpc) is 3.45. The summed E-state index contributed by atoms with van der Waals surface area (Å²) in [6.07, 6.45) is 6.98. The number of carbonyl (C=O) groups is 1. The first-order valence-corrected chi connectivity index (χ1v) is 10.4. The van der Waals surface area contributed by atoms with Gasteiger partial charge in [0.2, 0.25) is 5.91 Å². The molecule has 1 amide bonds. The van der Waals surface area contributed by atoms with Gasteiger partial charge >= 0.3 is 0 Å². The Morgan fingerprint density at radius 3 is 2.93 bits per heavy atom. The van der Waals surface area contributed by atoms with Crippen LogP contribution >= 0.6 is 0 Å². The zero-order valence-electron chi connectivity index (χ0n) is 16.8. The van der Waals surface area contributed by atoms with E-state index < -0.39 is 0 Å². The molecule has 0 aromatic carbocycles. The number of amides is 1. The Kier molecular flexibility index (Phi) is 5.75. The molecule has 2 aromatic heterocycles. The molecule has 152 valence electrons. The number of hydrogen-bond acceptors (Lipinski definition) is 6. The van der Waals surface area contributed by atoms with Gasteiger partial charge in [-0.05, 0) is 25.7 Å². The Bertz CT molecular complexity index is 822. The molecule has 4 rings (SSSR count). The smallest absolute Gasteiger partial charge is 0.278 e. The Morgan fingerprint density at radius 1 is 1.32 bits per heavy atom. The summed E-state index contributed by atoms with van der Waals surface area (Å²) < 4.78 is 13.1. The molecule has 1 aliphatic heterocycles. The minimum absolute atomic E-state index is 0.212. The lowest BCUT2D eigenvalue weighted by atomic mass is 10.0.